The lowest BCUT2D eigenvalue weighted by Crippen LogP contribution is -2.25. The predicted octanol–water partition coefficient (Wildman–Crippen LogP) is 3.74. The number of anilines is 1. The highest BCUT2D eigenvalue weighted by molar-refractivity contribution is 9.10. The Morgan fingerprint density at radius 2 is 2.29 bits per heavy atom. The smallest absolute Gasteiger partial charge is 0.283 e. The number of hydrogen-bond donors (Lipinski definition) is 1. The Kier molecular flexibility index (Phi) is 5.52. The Labute approximate surface area is 136 Å². The van der Waals surface area contributed by atoms with Crippen LogP contribution in [0.2, 0.25) is 0 Å². The average Bonchev–Trinajstić information content (AvgIpc) is 2.90. The van der Waals surface area contributed by atoms with E-state index in [1.165, 1.54) is 4.68 Å². The van der Waals surface area contributed by atoms with Crippen LogP contribution in [0.3, 0.4) is 0 Å². The van der Waals surface area contributed by atoms with Crippen LogP contribution in [0.5, 0.6) is 0 Å². The van der Waals surface area contributed by atoms with Crippen LogP contribution in [-0.4, -0.2) is 14.8 Å². The lowest BCUT2D eigenvalue weighted by Gasteiger charge is -2.14. The van der Waals surface area contributed by atoms with Crippen molar-refractivity contribution in [2.45, 2.75) is 46.2 Å². The maximum Gasteiger partial charge on any atom is 0.283 e. The predicted molar refractivity (Wildman–Crippen MR) is 90.0 cm³/mol. The van der Waals surface area contributed by atoms with E-state index in [1.807, 2.05) is 19.2 Å². The maximum atomic E-state index is 12.2. The van der Waals surface area contributed by atoms with E-state index >= 15 is 0 Å². The summed E-state index contributed by atoms with van der Waals surface area (Å²) in [4.78, 5) is 16.7. The molecule has 1 atom stereocenters. The first-order valence-corrected chi connectivity index (χ1v) is 8.64. The van der Waals surface area contributed by atoms with Crippen molar-refractivity contribution in [3.05, 3.63) is 37.1 Å². The molecule has 2 aromatic rings. The van der Waals surface area contributed by atoms with Gasteiger partial charge in [0.15, 0.2) is 0 Å². The molecule has 2 aromatic heterocycles. The molecule has 0 saturated heterocycles. The molecule has 114 valence electrons. The number of nitrogens with zero attached hydrogens (tertiary/aromatic N) is 3. The average molecular weight is 371 g/mol. The summed E-state index contributed by atoms with van der Waals surface area (Å²) >= 11 is 4.98. The van der Waals surface area contributed by atoms with Crippen LogP contribution in [0.4, 0.5) is 5.69 Å². The number of aromatic nitrogens is 3. The molecular formula is C14H19BrN4OS. The van der Waals surface area contributed by atoms with Crippen molar-refractivity contribution in [2.75, 3.05) is 5.32 Å². The summed E-state index contributed by atoms with van der Waals surface area (Å²) in [5.41, 5.74) is 1.61. The molecule has 0 aromatic carbocycles. The minimum Gasteiger partial charge on any atom is -0.374 e. The van der Waals surface area contributed by atoms with E-state index in [4.69, 9.17) is 0 Å². The molecule has 7 heteroatoms. The third-order valence-electron chi connectivity index (χ3n) is 3.09. The van der Waals surface area contributed by atoms with Crippen molar-refractivity contribution in [1.29, 1.82) is 0 Å². The zero-order valence-corrected chi connectivity index (χ0v) is 14.8. The SMILES string of the molecule is CCCCn1ncc(NC(C)c2nc(C)cs2)c(Br)c1=O. The van der Waals surface area contributed by atoms with Crippen LogP contribution in [-0.2, 0) is 6.54 Å². The summed E-state index contributed by atoms with van der Waals surface area (Å²) < 4.78 is 2.02. The van der Waals surface area contributed by atoms with Crippen molar-refractivity contribution in [3.8, 4) is 0 Å². The third-order valence-corrected chi connectivity index (χ3v) is 5.00. The molecule has 1 N–H and O–H groups in total. The fraction of sp³-hybridized carbons (Fsp3) is 0.500. The lowest BCUT2D eigenvalue weighted by atomic mass is 10.3. The second-order valence-corrected chi connectivity index (χ2v) is 6.63. The standard InChI is InChI=1S/C14H19BrN4OS/c1-4-5-6-19-14(20)12(15)11(7-16-19)18-10(3)13-17-9(2)8-21-13/h7-8,10,18H,4-6H2,1-3H3. The first kappa shape index (κ1) is 16.2. The second kappa shape index (κ2) is 7.17. The molecule has 0 saturated carbocycles. The molecule has 1 unspecified atom stereocenters. The Morgan fingerprint density at radius 3 is 2.90 bits per heavy atom. The number of halogens is 1. The number of aryl methyl sites for hydroxylation is 2. The molecule has 21 heavy (non-hydrogen) atoms. The molecule has 0 spiro atoms. The topological polar surface area (TPSA) is 59.8 Å². The molecule has 0 aliphatic rings. The second-order valence-electron chi connectivity index (χ2n) is 4.95. The van der Waals surface area contributed by atoms with Gasteiger partial charge in [-0.3, -0.25) is 4.79 Å². The van der Waals surface area contributed by atoms with Gasteiger partial charge >= 0.3 is 0 Å². The highest BCUT2D eigenvalue weighted by atomic mass is 79.9. The third kappa shape index (κ3) is 3.91. The van der Waals surface area contributed by atoms with Crippen LogP contribution >= 0.6 is 27.3 Å². The van der Waals surface area contributed by atoms with Crippen LogP contribution < -0.4 is 10.9 Å². The molecule has 0 fully saturated rings. The fourth-order valence-corrected chi connectivity index (χ4v) is 3.12. The number of thiazole rings is 1. The zero-order chi connectivity index (χ0) is 15.4. The molecule has 2 rings (SSSR count). The van der Waals surface area contributed by atoms with Gasteiger partial charge in [0, 0.05) is 17.6 Å². The van der Waals surface area contributed by atoms with Crippen molar-refractivity contribution >= 4 is 33.0 Å². The van der Waals surface area contributed by atoms with Gasteiger partial charge in [-0.15, -0.1) is 11.3 Å². The minimum absolute atomic E-state index is 0.0349. The number of hydrogen-bond acceptors (Lipinski definition) is 5. The molecule has 0 radical (unpaired) electrons. The van der Waals surface area contributed by atoms with Gasteiger partial charge in [-0.2, -0.15) is 5.10 Å². The minimum atomic E-state index is -0.101. The van der Waals surface area contributed by atoms with E-state index in [0.29, 0.717) is 16.7 Å². The van der Waals surface area contributed by atoms with E-state index in [2.05, 4.69) is 38.3 Å². The zero-order valence-electron chi connectivity index (χ0n) is 12.4. The summed E-state index contributed by atoms with van der Waals surface area (Å²) in [6.45, 7) is 6.73. The van der Waals surface area contributed by atoms with Gasteiger partial charge in [0.1, 0.15) is 9.48 Å². The van der Waals surface area contributed by atoms with Gasteiger partial charge in [0.05, 0.1) is 17.9 Å². The number of nitrogens with one attached hydrogen (secondary N) is 1. The fourth-order valence-electron chi connectivity index (χ4n) is 1.90. The van der Waals surface area contributed by atoms with Gasteiger partial charge in [-0.1, -0.05) is 13.3 Å². The summed E-state index contributed by atoms with van der Waals surface area (Å²) in [6.07, 6.45) is 3.67. The van der Waals surface area contributed by atoms with Gasteiger partial charge in [-0.05, 0) is 36.2 Å². The van der Waals surface area contributed by atoms with E-state index in [1.54, 1.807) is 17.5 Å². The normalized spacial score (nSPS) is 12.4. The molecular weight excluding hydrogens is 352 g/mol. The van der Waals surface area contributed by atoms with E-state index in [9.17, 15) is 4.79 Å². The Bertz CT molecular complexity index is 667. The molecule has 5 nitrogen and oxygen atoms in total. The Morgan fingerprint density at radius 1 is 1.52 bits per heavy atom. The molecule has 2 heterocycles. The highest BCUT2D eigenvalue weighted by Gasteiger charge is 2.14. The number of unbranched alkanes of at least 4 members (excludes halogenated alkanes) is 1. The summed E-state index contributed by atoms with van der Waals surface area (Å²) in [7, 11) is 0. The van der Waals surface area contributed by atoms with Crippen molar-refractivity contribution in [3.63, 3.8) is 0 Å². The Hall–Kier alpha value is -1.21. The Balaban J connectivity index is 2.17. The molecule has 0 aliphatic heterocycles. The molecule has 0 bridgehead atoms. The van der Waals surface area contributed by atoms with Gasteiger partial charge < -0.3 is 5.32 Å². The first-order chi connectivity index (χ1) is 10.0. The number of rotatable bonds is 6. The first-order valence-electron chi connectivity index (χ1n) is 6.97. The van der Waals surface area contributed by atoms with Crippen LogP contribution in [0.25, 0.3) is 0 Å². The van der Waals surface area contributed by atoms with Crippen LogP contribution in [0.1, 0.15) is 43.4 Å². The monoisotopic (exact) mass is 370 g/mol. The summed E-state index contributed by atoms with van der Waals surface area (Å²) in [5, 5.41) is 10.5. The summed E-state index contributed by atoms with van der Waals surface area (Å²) in [5.74, 6) is 0. The van der Waals surface area contributed by atoms with Gasteiger partial charge in [0.25, 0.3) is 5.56 Å². The van der Waals surface area contributed by atoms with E-state index in [-0.39, 0.29) is 11.6 Å². The van der Waals surface area contributed by atoms with Crippen molar-refractivity contribution in [2.24, 2.45) is 0 Å². The van der Waals surface area contributed by atoms with Crippen LogP contribution in [0, 0.1) is 6.92 Å². The van der Waals surface area contributed by atoms with Gasteiger partial charge in [-0.25, -0.2) is 9.67 Å². The quantitative estimate of drug-likeness (QED) is 0.840. The largest absolute Gasteiger partial charge is 0.374 e. The van der Waals surface area contributed by atoms with E-state index in [0.717, 1.165) is 23.5 Å². The molecule has 0 amide bonds. The van der Waals surface area contributed by atoms with E-state index < -0.39 is 0 Å². The van der Waals surface area contributed by atoms with Crippen LogP contribution in [0.15, 0.2) is 20.8 Å². The summed E-state index contributed by atoms with van der Waals surface area (Å²) in [6, 6.07) is 0.0349. The maximum absolute atomic E-state index is 12.2. The van der Waals surface area contributed by atoms with Crippen molar-refractivity contribution < 1.29 is 0 Å². The lowest BCUT2D eigenvalue weighted by molar-refractivity contribution is 0.541. The highest BCUT2D eigenvalue weighted by Crippen LogP contribution is 2.25. The molecule has 0 aliphatic carbocycles. The van der Waals surface area contributed by atoms with Gasteiger partial charge in [0.2, 0.25) is 0 Å². The van der Waals surface area contributed by atoms with Crippen molar-refractivity contribution in [1.82, 2.24) is 14.8 Å².